The van der Waals surface area contributed by atoms with Gasteiger partial charge in [0, 0.05) is 6.42 Å². The minimum Gasteiger partial charge on any atom is -0.467 e. The molecule has 1 rings (SSSR count). The number of amides is 1. The fraction of sp³-hybridized carbons (Fsp3) is 0.500. The predicted octanol–water partition coefficient (Wildman–Crippen LogP) is 3.82. The SMILES string of the molecule is COC(=O)C(CCCC(F)(F)C(F)(F)F)NC(=O)OCc1ccccc1. The minimum absolute atomic E-state index is 0.104. The van der Waals surface area contributed by atoms with E-state index in [0.29, 0.717) is 5.56 Å². The Morgan fingerprint density at radius 1 is 1.12 bits per heavy atom. The highest BCUT2D eigenvalue weighted by molar-refractivity contribution is 5.81. The molecule has 0 spiro atoms. The number of alkyl halides is 5. The number of carbonyl (C=O) groups excluding carboxylic acids is 2. The highest BCUT2D eigenvalue weighted by Gasteiger charge is 2.56. The number of benzene rings is 1. The van der Waals surface area contributed by atoms with E-state index in [1.165, 1.54) is 0 Å². The van der Waals surface area contributed by atoms with Gasteiger partial charge in [0.2, 0.25) is 0 Å². The van der Waals surface area contributed by atoms with Gasteiger partial charge < -0.3 is 14.8 Å². The van der Waals surface area contributed by atoms with Crippen LogP contribution in [0.15, 0.2) is 30.3 Å². The van der Waals surface area contributed by atoms with Crippen molar-refractivity contribution in [1.29, 1.82) is 0 Å². The Hall–Kier alpha value is -2.39. The van der Waals surface area contributed by atoms with Gasteiger partial charge in [0.1, 0.15) is 12.6 Å². The molecule has 5 nitrogen and oxygen atoms in total. The molecule has 1 aromatic rings. The third-order valence-electron chi connectivity index (χ3n) is 3.39. The van der Waals surface area contributed by atoms with Crippen LogP contribution in [0.1, 0.15) is 24.8 Å². The zero-order valence-electron chi connectivity index (χ0n) is 13.8. The summed E-state index contributed by atoms with van der Waals surface area (Å²) in [5, 5.41) is 2.10. The van der Waals surface area contributed by atoms with Gasteiger partial charge in [-0.15, -0.1) is 0 Å². The number of hydrogen-bond acceptors (Lipinski definition) is 4. The number of methoxy groups -OCH3 is 1. The van der Waals surface area contributed by atoms with Crippen LogP contribution in [0.3, 0.4) is 0 Å². The molecule has 26 heavy (non-hydrogen) atoms. The van der Waals surface area contributed by atoms with Gasteiger partial charge in [0.15, 0.2) is 0 Å². The van der Waals surface area contributed by atoms with Gasteiger partial charge >= 0.3 is 24.2 Å². The summed E-state index contributed by atoms with van der Waals surface area (Å²) in [6.45, 7) is -0.104. The molecule has 0 bridgehead atoms. The molecule has 0 aromatic heterocycles. The van der Waals surface area contributed by atoms with E-state index in [9.17, 15) is 31.5 Å². The topological polar surface area (TPSA) is 64.6 Å². The zero-order chi connectivity index (χ0) is 19.8. The van der Waals surface area contributed by atoms with E-state index in [1.807, 2.05) is 0 Å². The van der Waals surface area contributed by atoms with Crippen molar-refractivity contribution < 1.29 is 41.0 Å². The summed E-state index contributed by atoms with van der Waals surface area (Å²) in [6, 6.07) is 7.17. The maximum Gasteiger partial charge on any atom is 0.453 e. The number of esters is 1. The quantitative estimate of drug-likeness (QED) is 0.548. The van der Waals surface area contributed by atoms with Crippen molar-refractivity contribution in [2.24, 2.45) is 0 Å². The van der Waals surface area contributed by atoms with Gasteiger partial charge in [-0.25, -0.2) is 9.59 Å². The van der Waals surface area contributed by atoms with Gasteiger partial charge in [-0.1, -0.05) is 30.3 Å². The molecule has 0 heterocycles. The van der Waals surface area contributed by atoms with Crippen molar-refractivity contribution >= 4 is 12.1 Å². The number of rotatable bonds is 8. The number of halogens is 5. The van der Waals surface area contributed by atoms with Gasteiger partial charge in [0.25, 0.3) is 0 Å². The Morgan fingerprint density at radius 2 is 1.73 bits per heavy atom. The summed E-state index contributed by atoms with van der Waals surface area (Å²) < 4.78 is 71.4. The number of carbonyl (C=O) groups is 2. The largest absolute Gasteiger partial charge is 0.467 e. The van der Waals surface area contributed by atoms with Gasteiger partial charge in [-0.3, -0.25) is 0 Å². The highest BCUT2D eigenvalue weighted by atomic mass is 19.4. The molecule has 10 heteroatoms. The lowest BCUT2D eigenvalue weighted by Crippen LogP contribution is -2.42. The first-order valence-electron chi connectivity index (χ1n) is 7.56. The second kappa shape index (κ2) is 9.35. The van der Waals surface area contributed by atoms with Crippen LogP contribution < -0.4 is 5.32 Å². The van der Waals surface area contributed by atoms with Crippen molar-refractivity contribution in [3.8, 4) is 0 Å². The second-order valence-corrected chi connectivity index (χ2v) is 5.38. The molecule has 0 radical (unpaired) electrons. The number of hydrogen-bond donors (Lipinski definition) is 1. The van der Waals surface area contributed by atoms with E-state index in [0.717, 1.165) is 7.11 Å². The smallest absolute Gasteiger partial charge is 0.453 e. The van der Waals surface area contributed by atoms with Crippen molar-refractivity contribution in [2.75, 3.05) is 7.11 Å². The molecule has 1 unspecified atom stereocenters. The van der Waals surface area contributed by atoms with Gasteiger partial charge in [-0.2, -0.15) is 22.0 Å². The summed E-state index contributed by atoms with van der Waals surface area (Å²) in [6.07, 6.45) is -9.32. The van der Waals surface area contributed by atoms with E-state index in [1.54, 1.807) is 30.3 Å². The number of nitrogens with one attached hydrogen (secondary N) is 1. The normalized spacial score (nSPS) is 13.0. The summed E-state index contributed by atoms with van der Waals surface area (Å²) in [4.78, 5) is 23.3. The lowest BCUT2D eigenvalue weighted by Gasteiger charge is -2.21. The van der Waals surface area contributed by atoms with Crippen LogP contribution in [0.2, 0.25) is 0 Å². The Labute approximate surface area is 146 Å². The first kappa shape index (κ1) is 21.7. The van der Waals surface area contributed by atoms with Crippen LogP contribution in [0.5, 0.6) is 0 Å². The Morgan fingerprint density at radius 3 is 2.27 bits per heavy atom. The molecule has 0 aliphatic rings. The van der Waals surface area contributed by atoms with E-state index < -0.39 is 49.5 Å². The highest BCUT2D eigenvalue weighted by Crippen LogP contribution is 2.39. The molecule has 0 aliphatic carbocycles. The molecular weight excluding hydrogens is 365 g/mol. The number of ether oxygens (including phenoxy) is 2. The predicted molar refractivity (Wildman–Crippen MR) is 80.4 cm³/mol. The molecule has 0 saturated heterocycles. The average Bonchev–Trinajstić information content (AvgIpc) is 2.58. The summed E-state index contributed by atoms with van der Waals surface area (Å²) >= 11 is 0. The second-order valence-electron chi connectivity index (χ2n) is 5.38. The maximum absolute atomic E-state index is 12.9. The van der Waals surface area contributed by atoms with Crippen LogP contribution >= 0.6 is 0 Å². The summed E-state index contributed by atoms with van der Waals surface area (Å²) in [5.74, 6) is -5.85. The molecule has 0 fully saturated rings. The monoisotopic (exact) mass is 383 g/mol. The summed E-state index contributed by atoms with van der Waals surface area (Å²) in [7, 11) is 0.997. The van der Waals surface area contributed by atoms with Crippen molar-refractivity contribution in [1.82, 2.24) is 5.32 Å². The van der Waals surface area contributed by atoms with Crippen LogP contribution in [-0.4, -0.2) is 37.3 Å². The minimum atomic E-state index is -5.67. The third kappa shape index (κ3) is 6.85. The standard InChI is InChI=1S/C16H18F5NO4/c1-25-13(23)12(8-5-9-15(17,18)16(19,20)21)22-14(24)26-10-11-6-3-2-4-7-11/h2-4,6-7,12H,5,8-10H2,1H3,(H,22,24). The van der Waals surface area contributed by atoms with Gasteiger partial charge in [-0.05, 0) is 18.4 Å². The first-order valence-corrected chi connectivity index (χ1v) is 7.56. The lowest BCUT2D eigenvalue weighted by molar-refractivity contribution is -0.284. The molecular formula is C16H18F5NO4. The van der Waals surface area contributed by atoms with Crippen molar-refractivity contribution in [3.63, 3.8) is 0 Å². The summed E-state index contributed by atoms with van der Waals surface area (Å²) in [5.41, 5.74) is 0.669. The van der Waals surface area contributed by atoms with E-state index >= 15 is 0 Å². The molecule has 146 valence electrons. The van der Waals surface area contributed by atoms with E-state index in [2.05, 4.69) is 10.1 Å². The molecule has 1 aromatic carbocycles. The Bertz CT molecular complexity index is 592. The van der Waals surface area contributed by atoms with E-state index in [4.69, 9.17) is 4.74 Å². The Kier molecular flexibility index (Phi) is 7.78. The van der Waals surface area contributed by atoms with Gasteiger partial charge in [0.05, 0.1) is 7.11 Å². The fourth-order valence-electron chi connectivity index (χ4n) is 1.97. The third-order valence-corrected chi connectivity index (χ3v) is 3.39. The van der Waals surface area contributed by atoms with E-state index in [-0.39, 0.29) is 6.61 Å². The van der Waals surface area contributed by atoms with Crippen LogP contribution in [-0.2, 0) is 20.9 Å². The molecule has 0 aliphatic heterocycles. The molecule has 1 amide bonds. The molecule has 1 atom stereocenters. The molecule has 0 saturated carbocycles. The fourth-order valence-corrected chi connectivity index (χ4v) is 1.97. The lowest BCUT2D eigenvalue weighted by atomic mass is 10.1. The average molecular weight is 383 g/mol. The Balaban J connectivity index is 2.53. The molecule has 1 N–H and O–H groups in total. The van der Waals surface area contributed by atoms with Crippen molar-refractivity contribution in [3.05, 3.63) is 35.9 Å². The number of alkyl carbamates (subject to hydrolysis) is 1. The maximum atomic E-state index is 12.9. The zero-order valence-corrected chi connectivity index (χ0v) is 13.8. The van der Waals surface area contributed by atoms with Crippen molar-refractivity contribution in [2.45, 2.75) is 44.0 Å². The van der Waals surface area contributed by atoms with Crippen LogP contribution in [0.4, 0.5) is 26.7 Å². The first-order chi connectivity index (χ1) is 12.1. The van der Waals surface area contributed by atoms with Crippen LogP contribution in [0, 0.1) is 0 Å². The van der Waals surface area contributed by atoms with Crippen LogP contribution in [0.25, 0.3) is 0 Å².